The van der Waals surface area contributed by atoms with Gasteiger partial charge in [-0.05, 0) is 17.7 Å². The van der Waals surface area contributed by atoms with E-state index < -0.39 is 0 Å². The first-order chi connectivity index (χ1) is 5.38. The molecule has 0 aliphatic carbocycles. The van der Waals surface area contributed by atoms with E-state index in [1.807, 2.05) is 24.3 Å². The van der Waals surface area contributed by atoms with Gasteiger partial charge in [-0.2, -0.15) is 0 Å². The maximum absolute atomic E-state index is 5.73. The van der Waals surface area contributed by atoms with Crippen LogP contribution in [0.2, 0.25) is 0 Å². The lowest BCUT2D eigenvalue weighted by molar-refractivity contribution is 0.234. The van der Waals surface area contributed by atoms with Crippen molar-refractivity contribution in [2.45, 2.75) is 6.61 Å². The Morgan fingerprint density at radius 3 is 3.09 bits per heavy atom. The molecule has 56 valence electrons. The van der Waals surface area contributed by atoms with Crippen LogP contribution in [0.1, 0.15) is 11.1 Å². The lowest BCUT2D eigenvalue weighted by atomic mass is 10.1. The minimum absolute atomic E-state index is 0.636. The second-order valence-corrected chi connectivity index (χ2v) is 2.53. The van der Waals surface area contributed by atoms with Gasteiger partial charge in [-0.15, -0.1) is 0 Å². The molecule has 11 heavy (non-hydrogen) atoms. The fraction of sp³-hybridized carbons (Fsp3) is 0.111. The average Bonchev–Trinajstić information content (AvgIpc) is 2.06. The van der Waals surface area contributed by atoms with Crippen molar-refractivity contribution in [2.24, 2.45) is 0 Å². The highest BCUT2D eigenvalue weighted by atomic mass is 16.5. The number of rotatable bonds is 0. The van der Waals surface area contributed by atoms with E-state index >= 15 is 0 Å². The van der Waals surface area contributed by atoms with Crippen LogP contribution in [0, 0.1) is 0 Å². The average molecular weight is 147 g/mol. The van der Waals surface area contributed by atoms with Gasteiger partial charge in [0, 0.05) is 11.3 Å². The largest absolute Gasteiger partial charge is 0.496 e. The summed E-state index contributed by atoms with van der Waals surface area (Å²) in [5, 5.41) is 0. The van der Waals surface area contributed by atoms with Crippen LogP contribution in [-0.4, -0.2) is 0 Å². The predicted molar refractivity (Wildman–Crippen MR) is 44.7 cm³/mol. The number of fused-ring (bicyclic) bond motifs is 1. The molecule has 1 aromatic rings. The molecule has 0 bridgehead atoms. The smallest absolute Gasteiger partial charge is 0.113 e. The molecule has 0 aromatic heterocycles. The van der Waals surface area contributed by atoms with Gasteiger partial charge in [0.2, 0.25) is 0 Å². The zero-order valence-corrected chi connectivity index (χ0v) is 6.08. The molecule has 0 amide bonds. The molecule has 0 saturated carbocycles. The molecule has 0 atom stereocenters. The van der Waals surface area contributed by atoms with Crippen LogP contribution in [0.5, 0.6) is 0 Å². The molecule has 1 heterocycles. The van der Waals surface area contributed by atoms with Crippen molar-refractivity contribution in [3.8, 4) is 0 Å². The lowest BCUT2D eigenvalue weighted by Gasteiger charge is -2.12. The highest BCUT2D eigenvalue weighted by Gasteiger charge is 2.05. The standard InChI is InChI=1S/C9H9NO/c10-9-3-1-2-7-6-11-5-4-8(7)9/h1-5H,6,10H2. The van der Waals surface area contributed by atoms with E-state index in [2.05, 4.69) is 0 Å². The van der Waals surface area contributed by atoms with Gasteiger partial charge in [-0.3, -0.25) is 0 Å². The van der Waals surface area contributed by atoms with Crippen molar-refractivity contribution in [3.05, 3.63) is 35.6 Å². The van der Waals surface area contributed by atoms with E-state index in [9.17, 15) is 0 Å². The summed E-state index contributed by atoms with van der Waals surface area (Å²) >= 11 is 0. The molecule has 2 rings (SSSR count). The van der Waals surface area contributed by atoms with Gasteiger partial charge >= 0.3 is 0 Å². The summed E-state index contributed by atoms with van der Waals surface area (Å²) in [5.74, 6) is 0. The summed E-state index contributed by atoms with van der Waals surface area (Å²) in [4.78, 5) is 0. The van der Waals surface area contributed by atoms with Crippen molar-refractivity contribution in [1.29, 1.82) is 0 Å². The molecule has 0 saturated heterocycles. The van der Waals surface area contributed by atoms with E-state index in [4.69, 9.17) is 10.5 Å². The fourth-order valence-corrected chi connectivity index (χ4v) is 1.22. The van der Waals surface area contributed by atoms with Crippen LogP contribution in [0.15, 0.2) is 24.5 Å². The van der Waals surface area contributed by atoms with Crippen molar-refractivity contribution in [2.75, 3.05) is 5.73 Å². The van der Waals surface area contributed by atoms with Gasteiger partial charge in [0.05, 0.1) is 6.26 Å². The Morgan fingerprint density at radius 2 is 2.27 bits per heavy atom. The number of nitrogen functional groups attached to an aromatic ring is 1. The van der Waals surface area contributed by atoms with E-state index in [-0.39, 0.29) is 0 Å². The first-order valence-corrected chi connectivity index (χ1v) is 3.53. The van der Waals surface area contributed by atoms with Crippen LogP contribution >= 0.6 is 0 Å². The summed E-state index contributed by atoms with van der Waals surface area (Å²) in [5.41, 5.74) is 8.81. The second kappa shape index (κ2) is 2.31. The first kappa shape index (κ1) is 6.28. The number of nitrogens with two attached hydrogens (primary N) is 1. The third-order valence-corrected chi connectivity index (χ3v) is 1.80. The van der Waals surface area contributed by atoms with Gasteiger partial charge in [0.15, 0.2) is 0 Å². The maximum atomic E-state index is 5.73. The van der Waals surface area contributed by atoms with E-state index in [0.717, 1.165) is 16.8 Å². The lowest BCUT2D eigenvalue weighted by Crippen LogP contribution is -1.99. The second-order valence-electron chi connectivity index (χ2n) is 2.53. The molecule has 2 N–H and O–H groups in total. The van der Waals surface area contributed by atoms with Crippen LogP contribution in [0.4, 0.5) is 5.69 Å². The number of ether oxygens (including phenoxy) is 1. The summed E-state index contributed by atoms with van der Waals surface area (Å²) in [6.07, 6.45) is 3.58. The summed E-state index contributed by atoms with van der Waals surface area (Å²) in [7, 11) is 0. The normalized spacial score (nSPS) is 13.8. The number of hydrogen-bond donors (Lipinski definition) is 1. The summed E-state index contributed by atoms with van der Waals surface area (Å²) < 4.78 is 5.11. The van der Waals surface area contributed by atoms with Crippen molar-refractivity contribution >= 4 is 11.8 Å². The highest BCUT2D eigenvalue weighted by Crippen LogP contribution is 2.22. The molecule has 0 radical (unpaired) electrons. The third-order valence-electron chi connectivity index (χ3n) is 1.80. The van der Waals surface area contributed by atoms with E-state index in [1.165, 1.54) is 0 Å². The monoisotopic (exact) mass is 147 g/mol. The fourth-order valence-electron chi connectivity index (χ4n) is 1.22. The Hall–Kier alpha value is -1.44. The molecule has 0 fully saturated rings. The quantitative estimate of drug-likeness (QED) is 0.567. The van der Waals surface area contributed by atoms with Crippen molar-refractivity contribution in [3.63, 3.8) is 0 Å². The molecular weight excluding hydrogens is 138 g/mol. The van der Waals surface area contributed by atoms with Crippen LogP contribution < -0.4 is 5.73 Å². The van der Waals surface area contributed by atoms with Gasteiger partial charge in [-0.25, -0.2) is 0 Å². The van der Waals surface area contributed by atoms with Crippen LogP contribution in [0.25, 0.3) is 6.08 Å². The predicted octanol–water partition coefficient (Wildman–Crippen LogP) is 1.77. The van der Waals surface area contributed by atoms with E-state index in [0.29, 0.717) is 6.61 Å². The van der Waals surface area contributed by atoms with Gasteiger partial charge < -0.3 is 10.5 Å². The minimum atomic E-state index is 0.636. The zero-order valence-electron chi connectivity index (χ0n) is 6.08. The molecular formula is C9H9NO. The number of anilines is 1. The molecule has 0 unspecified atom stereocenters. The molecule has 0 spiro atoms. The Labute approximate surface area is 65.3 Å². The van der Waals surface area contributed by atoms with Crippen LogP contribution in [0.3, 0.4) is 0 Å². The van der Waals surface area contributed by atoms with Gasteiger partial charge in [0.1, 0.15) is 6.61 Å². The number of benzene rings is 1. The molecule has 1 aromatic carbocycles. The topological polar surface area (TPSA) is 35.2 Å². The van der Waals surface area contributed by atoms with Crippen LogP contribution in [-0.2, 0) is 11.3 Å². The third kappa shape index (κ3) is 0.963. The van der Waals surface area contributed by atoms with Gasteiger partial charge in [-0.1, -0.05) is 12.1 Å². The van der Waals surface area contributed by atoms with Gasteiger partial charge in [0.25, 0.3) is 0 Å². The molecule has 2 nitrogen and oxygen atoms in total. The maximum Gasteiger partial charge on any atom is 0.113 e. The SMILES string of the molecule is Nc1cccc2c1C=COC2. The summed E-state index contributed by atoms with van der Waals surface area (Å²) in [6, 6.07) is 5.86. The molecule has 1 aliphatic rings. The molecule has 1 aliphatic heterocycles. The summed E-state index contributed by atoms with van der Waals surface area (Å²) in [6.45, 7) is 0.636. The first-order valence-electron chi connectivity index (χ1n) is 3.53. The Bertz CT molecular complexity index is 304. The zero-order chi connectivity index (χ0) is 7.68. The van der Waals surface area contributed by atoms with Crippen molar-refractivity contribution < 1.29 is 4.74 Å². The Balaban J connectivity index is 2.60. The minimum Gasteiger partial charge on any atom is -0.496 e. The Morgan fingerprint density at radius 1 is 1.36 bits per heavy atom. The van der Waals surface area contributed by atoms with Crippen molar-refractivity contribution in [1.82, 2.24) is 0 Å². The number of hydrogen-bond acceptors (Lipinski definition) is 2. The highest BCUT2D eigenvalue weighted by molar-refractivity contribution is 5.67. The molecule has 2 heteroatoms. The Kier molecular flexibility index (Phi) is 1.32. The van der Waals surface area contributed by atoms with E-state index in [1.54, 1.807) is 6.26 Å².